The maximum atomic E-state index is 12.8. The molecule has 0 bridgehead atoms. The second-order valence-corrected chi connectivity index (χ2v) is 7.62. The molecule has 0 saturated carbocycles. The van der Waals surface area contributed by atoms with Crippen LogP contribution < -0.4 is 14.8 Å². The number of esters is 1. The molecule has 37 heavy (non-hydrogen) atoms. The average molecular weight is 509 g/mol. The highest BCUT2D eigenvalue weighted by molar-refractivity contribution is 6.04. The van der Waals surface area contributed by atoms with Crippen LogP contribution in [0.2, 0.25) is 0 Å². The van der Waals surface area contributed by atoms with Gasteiger partial charge in [-0.25, -0.2) is 14.8 Å². The molecule has 3 aromatic heterocycles. The van der Waals surface area contributed by atoms with Crippen LogP contribution >= 0.6 is 0 Å². The first-order chi connectivity index (χ1) is 17.8. The number of aliphatic hydroxyl groups excluding tert-OH is 1. The van der Waals surface area contributed by atoms with Gasteiger partial charge in [-0.05, 0) is 31.1 Å². The molecule has 3 heterocycles. The Morgan fingerprint density at radius 2 is 2.00 bits per heavy atom. The Bertz CT molecular complexity index is 1380. The predicted molar refractivity (Wildman–Crippen MR) is 126 cm³/mol. The van der Waals surface area contributed by atoms with Gasteiger partial charge >= 0.3 is 5.97 Å². The fourth-order valence-corrected chi connectivity index (χ4v) is 2.98. The SMILES string of the molecule is CCOC(=O)c1noc(-c2cnc(Oc3cc(O[C@@H](C)CO)cc(C(=O)Nc4ccn(C)n4)c3)cn2)n1. The van der Waals surface area contributed by atoms with Crippen molar-refractivity contribution in [3.8, 4) is 29.0 Å². The van der Waals surface area contributed by atoms with E-state index in [0.29, 0.717) is 11.6 Å². The van der Waals surface area contributed by atoms with Crippen molar-refractivity contribution in [2.24, 2.45) is 7.05 Å². The van der Waals surface area contributed by atoms with Crippen molar-refractivity contribution in [3.63, 3.8) is 0 Å². The highest BCUT2D eigenvalue weighted by Crippen LogP contribution is 2.28. The van der Waals surface area contributed by atoms with Crippen molar-refractivity contribution >= 4 is 17.7 Å². The molecule has 0 aliphatic heterocycles. The van der Waals surface area contributed by atoms with Crippen molar-refractivity contribution in [2.45, 2.75) is 20.0 Å². The summed E-state index contributed by atoms with van der Waals surface area (Å²) in [5.74, 6) is -0.415. The molecule has 4 aromatic rings. The molecule has 1 aromatic carbocycles. The zero-order chi connectivity index (χ0) is 26.4. The molecule has 1 amide bonds. The summed E-state index contributed by atoms with van der Waals surface area (Å²) in [6.07, 6.45) is 3.80. The number of rotatable bonds is 10. The second kappa shape index (κ2) is 11.3. The van der Waals surface area contributed by atoms with Gasteiger partial charge in [-0.15, -0.1) is 0 Å². The molecule has 14 heteroatoms. The number of nitrogens with zero attached hydrogens (tertiary/aromatic N) is 6. The van der Waals surface area contributed by atoms with Gasteiger partial charge in [0.15, 0.2) is 5.82 Å². The molecule has 14 nitrogen and oxygen atoms in total. The van der Waals surface area contributed by atoms with Crippen LogP contribution in [0.3, 0.4) is 0 Å². The first-order valence-electron chi connectivity index (χ1n) is 11.1. The maximum absolute atomic E-state index is 12.8. The Balaban J connectivity index is 1.53. The van der Waals surface area contributed by atoms with Gasteiger partial charge in [-0.2, -0.15) is 10.1 Å². The number of amides is 1. The van der Waals surface area contributed by atoms with Crippen LogP contribution in [0.15, 0.2) is 47.4 Å². The molecule has 0 radical (unpaired) electrons. The zero-order valence-corrected chi connectivity index (χ0v) is 20.1. The summed E-state index contributed by atoms with van der Waals surface area (Å²) in [4.78, 5) is 36.8. The van der Waals surface area contributed by atoms with Crippen LogP contribution in [-0.4, -0.2) is 66.2 Å². The summed E-state index contributed by atoms with van der Waals surface area (Å²) in [5.41, 5.74) is 0.435. The van der Waals surface area contributed by atoms with Crippen LogP contribution in [0.5, 0.6) is 17.4 Å². The topological polar surface area (TPSA) is 177 Å². The number of anilines is 1. The number of aromatic nitrogens is 6. The fourth-order valence-electron chi connectivity index (χ4n) is 2.98. The van der Waals surface area contributed by atoms with E-state index >= 15 is 0 Å². The van der Waals surface area contributed by atoms with E-state index in [4.69, 9.17) is 18.7 Å². The van der Waals surface area contributed by atoms with E-state index in [1.807, 2.05) is 0 Å². The third kappa shape index (κ3) is 6.43. The average Bonchev–Trinajstić information content (AvgIpc) is 3.54. The number of carbonyl (C=O) groups is 2. The van der Waals surface area contributed by atoms with Gasteiger partial charge in [0.05, 0.1) is 25.6 Å². The lowest BCUT2D eigenvalue weighted by molar-refractivity contribution is 0.0508. The number of hydrogen-bond donors (Lipinski definition) is 2. The summed E-state index contributed by atoms with van der Waals surface area (Å²) in [6, 6.07) is 6.21. The van der Waals surface area contributed by atoms with Crippen molar-refractivity contribution in [3.05, 3.63) is 54.2 Å². The molecular weight excluding hydrogens is 486 g/mol. The van der Waals surface area contributed by atoms with E-state index in [9.17, 15) is 14.7 Å². The van der Waals surface area contributed by atoms with Crippen molar-refractivity contribution in [2.75, 3.05) is 18.5 Å². The summed E-state index contributed by atoms with van der Waals surface area (Å²) >= 11 is 0. The van der Waals surface area contributed by atoms with Gasteiger partial charge in [-0.3, -0.25) is 9.48 Å². The van der Waals surface area contributed by atoms with E-state index in [2.05, 4.69) is 30.5 Å². The minimum Gasteiger partial charge on any atom is -0.488 e. The maximum Gasteiger partial charge on any atom is 0.379 e. The number of aryl methyl sites for hydroxylation is 1. The molecule has 0 aliphatic rings. The molecule has 0 fully saturated rings. The van der Waals surface area contributed by atoms with E-state index in [0.717, 1.165) is 0 Å². The summed E-state index contributed by atoms with van der Waals surface area (Å²) in [6.45, 7) is 3.29. The molecule has 0 unspecified atom stereocenters. The Morgan fingerprint density at radius 3 is 2.68 bits per heavy atom. The van der Waals surface area contributed by atoms with Gasteiger partial charge < -0.3 is 29.2 Å². The lowest BCUT2D eigenvalue weighted by Gasteiger charge is -2.15. The molecule has 4 rings (SSSR count). The van der Waals surface area contributed by atoms with Crippen molar-refractivity contribution in [1.82, 2.24) is 29.9 Å². The summed E-state index contributed by atoms with van der Waals surface area (Å²) in [5, 5.41) is 19.7. The number of benzene rings is 1. The monoisotopic (exact) mass is 509 g/mol. The van der Waals surface area contributed by atoms with Crippen LogP contribution in [0.25, 0.3) is 11.6 Å². The van der Waals surface area contributed by atoms with E-state index in [-0.39, 0.29) is 47.8 Å². The van der Waals surface area contributed by atoms with Gasteiger partial charge in [0.2, 0.25) is 5.88 Å². The smallest absolute Gasteiger partial charge is 0.379 e. The van der Waals surface area contributed by atoms with E-state index in [1.54, 1.807) is 43.9 Å². The summed E-state index contributed by atoms with van der Waals surface area (Å²) < 4.78 is 22.9. The molecule has 0 aliphatic carbocycles. The lowest BCUT2D eigenvalue weighted by atomic mass is 10.2. The number of carbonyl (C=O) groups excluding carboxylic acids is 2. The van der Waals surface area contributed by atoms with Crippen LogP contribution in [0.4, 0.5) is 5.82 Å². The van der Waals surface area contributed by atoms with E-state index < -0.39 is 18.0 Å². The largest absolute Gasteiger partial charge is 0.488 e. The highest BCUT2D eigenvalue weighted by Gasteiger charge is 2.18. The number of nitrogens with one attached hydrogen (secondary N) is 1. The quantitative estimate of drug-likeness (QED) is 0.298. The van der Waals surface area contributed by atoms with Crippen molar-refractivity contribution < 1.29 is 33.4 Å². The minimum absolute atomic E-state index is 0.0241. The number of ether oxygens (including phenoxy) is 3. The van der Waals surface area contributed by atoms with Crippen LogP contribution in [-0.2, 0) is 11.8 Å². The minimum atomic E-state index is -0.717. The molecular formula is C23H23N7O7. The fraction of sp³-hybridized carbons (Fsp3) is 0.261. The second-order valence-electron chi connectivity index (χ2n) is 7.62. The highest BCUT2D eigenvalue weighted by atomic mass is 16.5. The Morgan fingerprint density at radius 1 is 1.19 bits per heavy atom. The van der Waals surface area contributed by atoms with Gasteiger partial charge in [0.25, 0.3) is 17.6 Å². The first-order valence-corrected chi connectivity index (χ1v) is 11.1. The van der Waals surface area contributed by atoms with Crippen LogP contribution in [0.1, 0.15) is 34.8 Å². The molecule has 1 atom stereocenters. The third-order valence-electron chi connectivity index (χ3n) is 4.65. The number of hydrogen-bond acceptors (Lipinski definition) is 12. The van der Waals surface area contributed by atoms with E-state index in [1.165, 1.54) is 24.5 Å². The predicted octanol–water partition coefficient (Wildman–Crippen LogP) is 2.24. The standard InChI is InChI=1S/C23H23N7O7/c1-4-34-23(33)20-27-22(37-29-20)17-10-25-19(11-24-17)36-16-8-14(7-15(9-16)35-13(2)12-31)21(32)26-18-5-6-30(3)28-18/h5-11,13,31H,4,12H2,1-3H3,(H,26,28,32)/t13-/m0/s1. The third-order valence-corrected chi connectivity index (χ3v) is 4.65. The first kappa shape index (κ1) is 25.2. The molecule has 2 N–H and O–H groups in total. The van der Waals surface area contributed by atoms with Gasteiger partial charge in [0.1, 0.15) is 23.3 Å². The normalized spacial score (nSPS) is 11.6. The Hall–Kier alpha value is -4.85. The zero-order valence-electron chi connectivity index (χ0n) is 20.1. The van der Waals surface area contributed by atoms with Gasteiger partial charge in [-0.1, -0.05) is 0 Å². The Kier molecular flexibility index (Phi) is 7.68. The Labute approximate surface area is 210 Å². The molecule has 192 valence electrons. The molecule has 0 spiro atoms. The molecule has 0 saturated heterocycles. The summed E-state index contributed by atoms with van der Waals surface area (Å²) in [7, 11) is 1.73. The number of aliphatic hydroxyl groups is 1. The van der Waals surface area contributed by atoms with Crippen LogP contribution in [0, 0.1) is 0 Å². The lowest BCUT2D eigenvalue weighted by Crippen LogP contribution is -2.17. The van der Waals surface area contributed by atoms with Crippen molar-refractivity contribution in [1.29, 1.82) is 0 Å². The van der Waals surface area contributed by atoms with Gasteiger partial charge in [0, 0.05) is 30.9 Å².